The molecule has 0 aliphatic rings. The largest absolute Gasteiger partial charge is 0.309 e. The van der Waals surface area contributed by atoms with Crippen molar-refractivity contribution in [1.82, 2.24) is 19.5 Å². The van der Waals surface area contributed by atoms with E-state index in [9.17, 15) is 0 Å². The lowest BCUT2D eigenvalue weighted by Gasteiger charge is -2.16. The summed E-state index contributed by atoms with van der Waals surface area (Å²) in [6.45, 7) is 7.96. The Morgan fingerprint density at radius 3 is 1.82 bits per heavy atom. The van der Waals surface area contributed by atoms with Gasteiger partial charge in [-0.1, -0.05) is 159 Å². The quantitative estimate of drug-likeness (QED) is 0.123. The highest BCUT2D eigenvalue weighted by atomic mass is 15.0. The highest BCUT2D eigenvalue weighted by Gasteiger charge is 2.19. The van der Waals surface area contributed by atoms with Gasteiger partial charge >= 0.3 is 0 Å². The zero-order valence-electron chi connectivity index (χ0n) is 30.0. The van der Waals surface area contributed by atoms with Gasteiger partial charge in [0.05, 0.1) is 11.0 Å². The van der Waals surface area contributed by atoms with E-state index in [-0.39, 0.29) is 0 Å². The van der Waals surface area contributed by atoms with Crippen molar-refractivity contribution in [3.05, 3.63) is 201 Å². The minimum absolute atomic E-state index is 0.548. The van der Waals surface area contributed by atoms with Crippen LogP contribution in [0, 0.1) is 0 Å². The van der Waals surface area contributed by atoms with Crippen LogP contribution in [0.1, 0.15) is 5.82 Å². The van der Waals surface area contributed by atoms with Gasteiger partial charge in [-0.2, -0.15) is 0 Å². The third-order valence-corrected chi connectivity index (χ3v) is 10.6. The summed E-state index contributed by atoms with van der Waals surface area (Å²) in [7, 11) is 0. The average molecular weight is 703 g/mol. The number of rotatable bonds is 7. The van der Waals surface area contributed by atoms with Crippen molar-refractivity contribution in [2.45, 2.75) is 0 Å². The molecule has 0 radical (unpaired) electrons. The molecule has 0 bridgehead atoms. The fourth-order valence-corrected chi connectivity index (χ4v) is 8.08. The number of hydrogen-bond donors (Lipinski definition) is 0. The first-order chi connectivity index (χ1) is 27.2. The van der Waals surface area contributed by atoms with Crippen molar-refractivity contribution in [2.24, 2.45) is 0 Å². The SMILES string of the molecule is C=C/C=C(\C=C)c1nc(-c2ccccc2)nc(-c2cccc3c4ccccc4c4cc(-c5ccc6c(c5)c5ccccc5n6-c5ccccc5)ccc4c23)n1. The molecular weight excluding hydrogens is 669 g/mol. The van der Waals surface area contributed by atoms with E-state index in [1.54, 1.807) is 12.2 Å². The first-order valence-electron chi connectivity index (χ1n) is 18.4. The molecule has 4 nitrogen and oxygen atoms in total. The molecule has 0 atom stereocenters. The lowest BCUT2D eigenvalue weighted by Crippen LogP contribution is -2.02. The molecule has 0 saturated carbocycles. The van der Waals surface area contributed by atoms with Crippen molar-refractivity contribution in [2.75, 3.05) is 0 Å². The number of benzene rings is 8. The van der Waals surface area contributed by atoms with E-state index in [2.05, 4.69) is 151 Å². The third kappa shape index (κ3) is 5.34. The van der Waals surface area contributed by atoms with Gasteiger partial charge in [0.25, 0.3) is 0 Å². The predicted octanol–water partition coefficient (Wildman–Crippen LogP) is 13.2. The maximum Gasteiger partial charge on any atom is 0.164 e. The van der Waals surface area contributed by atoms with E-state index in [1.165, 1.54) is 43.5 Å². The Labute approximate surface area is 318 Å². The summed E-state index contributed by atoms with van der Waals surface area (Å²) in [5.41, 5.74) is 8.50. The van der Waals surface area contributed by atoms with E-state index >= 15 is 0 Å². The van der Waals surface area contributed by atoms with Crippen LogP contribution in [0.3, 0.4) is 0 Å². The number of fused-ring (bicyclic) bond motifs is 9. The molecule has 10 rings (SSSR count). The maximum absolute atomic E-state index is 5.12. The molecule has 0 unspecified atom stereocenters. The van der Waals surface area contributed by atoms with Crippen LogP contribution in [0.2, 0.25) is 0 Å². The Morgan fingerprint density at radius 2 is 1.05 bits per heavy atom. The topological polar surface area (TPSA) is 43.6 Å². The van der Waals surface area contributed by atoms with Crippen LogP contribution in [0.25, 0.3) is 99.3 Å². The van der Waals surface area contributed by atoms with Gasteiger partial charge in [-0.3, -0.25) is 0 Å². The van der Waals surface area contributed by atoms with E-state index in [1.807, 2.05) is 36.4 Å². The molecule has 0 fully saturated rings. The normalized spacial score (nSPS) is 11.9. The van der Waals surface area contributed by atoms with Gasteiger partial charge in [0.1, 0.15) is 0 Å². The van der Waals surface area contributed by atoms with Gasteiger partial charge in [-0.05, 0) is 74.5 Å². The number of allylic oxidation sites excluding steroid dienone is 4. The molecular formula is C51H34N4. The summed E-state index contributed by atoms with van der Waals surface area (Å²) in [6.07, 6.45) is 5.38. The van der Waals surface area contributed by atoms with Gasteiger partial charge in [-0.15, -0.1) is 0 Å². The summed E-state index contributed by atoms with van der Waals surface area (Å²) >= 11 is 0. The van der Waals surface area contributed by atoms with Gasteiger partial charge in [-0.25, -0.2) is 15.0 Å². The molecule has 0 N–H and O–H groups in total. The minimum Gasteiger partial charge on any atom is -0.309 e. The molecule has 0 spiro atoms. The second-order valence-electron chi connectivity index (χ2n) is 13.7. The van der Waals surface area contributed by atoms with Gasteiger partial charge < -0.3 is 4.57 Å². The summed E-state index contributed by atoms with van der Waals surface area (Å²) in [4.78, 5) is 15.1. The fraction of sp³-hybridized carbons (Fsp3) is 0. The first kappa shape index (κ1) is 32.2. The summed E-state index contributed by atoms with van der Waals surface area (Å²) in [5, 5.41) is 9.42. The first-order valence-corrected chi connectivity index (χ1v) is 18.4. The van der Waals surface area contributed by atoms with Crippen molar-refractivity contribution < 1.29 is 0 Å². The number of para-hydroxylation sites is 2. The van der Waals surface area contributed by atoms with E-state index in [0.717, 1.165) is 44.1 Å². The Bertz CT molecular complexity index is 3170. The second-order valence-corrected chi connectivity index (χ2v) is 13.7. The molecule has 2 heterocycles. The Balaban J connectivity index is 1.22. The zero-order chi connectivity index (χ0) is 36.9. The molecule has 8 aromatic carbocycles. The average Bonchev–Trinajstić information content (AvgIpc) is 3.59. The molecule has 0 aliphatic heterocycles. The number of hydrogen-bond acceptors (Lipinski definition) is 3. The van der Waals surface area contributed by atoms with Crippen molar-refractivity contribution in [3.63, 3.8) is 0 Å². The minimum atomic E-state index is 0.548. The molecule has 258 valence electrons. The molecule has 55 heavy (non-hydrogen) atoms. The van der Waals surface area contributed by atoms with Crippen LogP contribution in [0.15, 0.2) is 195 Å². The number of aromatic nitrogens is 4. The zero-order valence-corrected chi connectivity index (χ0v) is 30.0. The van der Waals surface area contributed by atoms with Gasteiger partial charge in [0.2, 0.25) is 0 Å². The Hall–Kier alpha value is -7.43. The van der Waals surface area contributed by atoms with Crippen LogP contribution in [-0.4, -0.2) is 19.5 Å². The molecule has 4 heteroatoms. The summed E-state index contributed by atoms with van der Waals surface area (Å²) in [5.74, 6) is 1.75. The molecule has 2 aromatic heterocycles. The second kappa shape index (κ2) is 13.2. The lowest BCUT2D eigenvalue weighted by atomic mass is 9.89. The Kier molecular flexibility index (Phi) is 7.74. The third-order valence-electron chi connectivity index (χ3n) is 10.6. The van der Waals surface area contributed by atoms with Crippen LogP contribution < -0.4 is 0 Å². The molecule has 0 amide bonds. The van der Waals surface area contributed by atoms with E-state index < -0.39 is 0 Å². The lowest BCUT2D eigenvalue weighted by molar-refractivity contribution is 1.04. The molecule has 0 aliphatic carbocycles. The Morgan fingerprint density at radius 1 is 0.455 bits per heavy atom. The van der Waals surface area contributed by atoms with Crippen LogP contribution in [0.5, 0.6) is 0 Å². The standard InChI is InChI=1S/C51H34N4/c1-3-16-33(4-2)49-52-50(34-17-7-5-8-18-34)54-51(53-49)43-25-15-24-41-38-21-11-12-22-39(38)44-31-35(27-29-42(44)48(41)43)36-28-30-47-45(32-36)40-23-13-14-26-46(40)55(47)37-19-9-6-10-20-37/h3-32H,1-2H2/b33-16+. The van der Waals surface area contributed by atoms with Gasteiger partial charge in [0, 0.05) is 38.5 Å². The molecule has 10 aromatic rings. The van der Waals surface area contributed by atoms with Crippen LogP contribution in [-0.2, 0) is 0 Å². The highest BCUT2D eigenvalue weighted by molar-refractivity contribution is 6.28. The monoisotopic (exact) mass is 702 g/mol. The summed E-state index contributed by atoms with van der Waals surface area (Å²) in [6, 6.07) is 58.2. The van der Waals surface area contributed by atoms with Gasteiger partial charge in [0.15, 0.2) is 17.5 Å². The van der Waals surface area contributed by atoms with Crippen LogP contribution in [0.4, 0.5) is 0 Å². The van der Waals surface area contributed by atoms with Crippen molar-refractivity contribution in [1.29, 1.82) is 0 Å². The van der Waals surface area contributed by atoms with Crippen molar-refractivity contribution in [3.8, 4) is 39.6 Å². The van der Waals surface area contributed by atoms with Crippen molar-refractivity contribution >= 4 is 59.7 Å². The highest BCUT2D eigenvalue weighted by Crippen LogP contribution is 2.42. The molecule has 0 saturated heterocycles. The van der Waals surface area contributed by atoms with Crippen LogP contribution >= 0.6 is 0 Å². The smallest absolute Gasteiger partial charge is 0.164 e. The maximum atomic E-state index is 5.12. The number of nitrogens with zero attached hydrogens (tertiary/aromatic N) is 4. The summed E-state index contributed by atoms with van der Waals surface area (Å²) < 4.78 is 2.36. The van der Waals surface area contributed by atoms with E-state index in [4.69, 9.17) is 15.0 Å². The van der Waals surface area contributed by atoms with E-state index in [0.29, 0.717) is 17.5 Å². The predicted molar refractivity (Wildman–Crippen MR) is 231 cm³/mol. The fourth-order valence-electron chi connectivity index (χ4n) is 8.08.